The van der Waals surface area contributed by atoms with E-state index in [1.54, 1.807) is 0 Å². The van der Waals surface area contributed by atoms with E-state index in [1.165, 1.54) is 11.3 Å². The van der Waals surface area contributed by atoms with Crippen molar-refractivity contribution in [3.63, 3.8) is 0 Å². The van der Waals surface area contributed by atoms with Gasteiger partial charge in [0.1, 0.15) is 5.75 Å². The number of aryl methyl sites for hydroxylation is 1. The highest BCUT2D eigenvalue weighted by molar-refractivity contribution is 5.77. The van der Waals surface area contributed by atoms with E-state index in [2.05, 4.69) is 40.2 Å². The number of nitrogens with zero attached hydrogens (tertiary/aromatic N) is 2. The van der Waals surface area contributed by atoms with Crippen molar-refractivity contribution in [3.05, 3.63) is 53.9 Å². The molecule has 5 heteroatoms. The van der Waals surface area contributed by atoms with Gasteiger partial charge in [0.15, 0.2) is 6.61 Å². The number of ether oxygens (including phenoxy) is 1. The van der Waals surface area contributed by atoms with Crippen LogP contribution in [0.25, 0.3) is 0 Å². The first-order valence-corrected chi connectivity index (χ1v) is 7.92. The first kappa shape index (κ1) is 15.6. The van der Waals surface area contributed by atoms with Gasteiger partial charge in [-0.25, -0.2) is 0 Å². The normalized spacial score (nSPS) is 17.6. The average Bonchev–Trinajstić information content (AvgIpc) is 2.99. The van der Waals surface area contributed by atoms with Crippen LogP contribution < -0.4 is 10.1 Å². The largest absolute Gasteiger partial charge is 0.484 e. The molecule has 0 fully saturated rings. The number of hydrogen-bond donors (Lipinski definition) is 1. The van der Waals surface area contributed by atoms with Gasteiger partial charge in [0.25, 0.3) is 5.91 Å². The van der Waals surface area contributed by atoms with E-state index in [1.807, 2.05) is 31.2 Å². The minimum Gasteiger partial charge on any atom is -0.484 e. The molecule has 2 aromatic rings. The van der Waals surface area contributed by atoms with E-state index < -0.39 is 0 Å². The fourth-order valence-corrected chi connectivity index (χ4v) is 2.81. The van der Waals surface area contributed by atoms with Crippen molar-refractivity contribution in [2.24, 2.45) is 0 Å². The third-order valence-electron chi connectivity index (χ3n) is 4.29. The highest BCUT2D eigenvalue weighted by atomic mass is 16.5. The van der Waals surface area contributed by atoms with Crippen LogP contribution in [0.2, 0.25) is 0 Å². The maximum Gasteiger partial charge on any atom is 0.257 e. The third kappa shape index (κ3) is 3.93. The molecule has 23 heavy (non-hydrogen) atoms. The Kier molecular flexibility index (Phi) is 4.67. The molecule has 0 spiro atoms. The number of hydrogen-bond acceptors (Lipinski definition) is 3. The molecular weight excluding hydrogens is 290 g/mol. The fourth-order valence-electron chi connectivity index (χ4n) is 2.81. The lowest BCUT2D eigenvalue weighted by Gasteiger charge is -2.34. The quantitative estimate of drug-likeness (QED) is 0.916. The van der Waals surface area contributed by atoms with E-state index >= 15 is 0 Å². The van der Waals surface area contributed by atoms with Crippen molar-refractivity contribution in [2.45, 2.75) is 26.1 Å². The Morgan fingerprint density at radius 3 is 2.87 bits per heavy atom. The first-order chi connectivity index (χ1) is 11.1. The zero-order valence-electron chi connectivity index (χ0n) is 13.7. The molecule has 0 saturated heterocycles. The number of likely N-dealkylation sites (N-methyl/N-ethyl adjacent to an activating group) is 1. The van der Waals surface area contributed by atoms with Gasteiger partial charge in [0.2, 0.25) is 0 Å². The summed E-state index contributed by atoms with van der Waals surface area (Å²) in [6, 6.07) is 12.2. The second kappa shape index (κ2) is 6.87. The van der Waals surface area contributed by atoms with Crippen molar-refractivity contribution >= 4 is 5.91 Å². The number of carbonyl (C=O) groups is 1. The van der Waals surface area contributed by atoms with Gasteiger partial charge >= 0.3 is 0 Å². The first-order valence-electron chi connectivity index (χ1n) is 7.92. The van der Waals surface area contributed by atoms with Crippen molar-refractivity contribution in [2.75, 3.05) is 20.2 Å². The van der Waals surface area contributed by atoms with Gasteiger partial charge < -0.3 is 14.6 Å². The predicted octanol–water partition coefficient (Wildman–Crippen LogP) is 1.81. The van der Waals surface area contributed by atoms with E-state index in [0.29, 0.717) is 12.6 Å². The molecule has 122 valence electrons. The number of amides is 1. The highest BCUT2D eigenvalue weighted by Gasteiger charge is 2.22. The smallest absolute Gasteiger partial charge is 0.257 e. The summed E-state index contributed by atoms with van der Waals surface area (Å²) in [6.45, 7) is 4.51. The van der Waals surface area contributed by atoms with Gasteiger partial charge in [-0.05, 0) is 38.2 Å². The zero-order valence-corrected chi connectivity index (χ0v) is 13.7. The molecule has 3 rings (SSSR count). The van der Waals surface area contributed by atoms with Gasteiger partial charge in [0.05, 0.1) is 0 Å². The number of fused-ring (bicyclic) bond motifs is 1. The summed E-state index contributed by atoms with van der Waals surface area (Å²) < 4.78 is 7.75. The Labute approximate surface area is 136 Å². The minimum absolute atomic E-state index is 0.0499. The minimum atomic E-state index is -0.0859. The molecule has 5 nitrogen and oxygen atoms in total. The summed E-state index contributed by atoms with van der Waals surface area (Å²) in [4.78, 5) is 14.2. The molecule has 0 saturated carbocycles. The number of aromatic nitrogens is 1. The summed E-state index contributed by atoms with van der Waals surface area (Å²) >= 11 is 0. The zero-order chi connectivity index (χ0) is 16.2. The third-order valence-corrected chi connectivity index (χ3v) is 4.29. The van der Waals surface area contributed by atoms with Gasteiger partial charge in [-0.3, -0.25) is 9.69 Å². The van der Waals surface area contributed by atoms with Gasteiger partial charge in [-0.2, -0.15) is 0 Å². The van der Waals surface area contributed by atoms with Crippen LogP contribution in [0.3, 0.4) is 0 Å². The van der Waals surface area contributed by atoms with Crippen LogP contribution in [-0.4, -0.2) is 41.6 Å². The van der Waals surface area contributed by atoms with E-state index in [9.17, 15) is 4.79 Å². The molecule has 1 aliphatic heterocycles. The topological polar surface area (TPSA) is 46.5 Å². The second-order valence-corrected chi connectivity index (χ2v) is 6.13. The summed E-state index contributed by atoms with van der Waals surface area (Å²) in [5.41, 5.74) is 2.49. The van der Waals surface area contributed by atoms with Crippen molar-refractivity contribution in [1.82, 2.24) is 14.8 Å². The Morgan fingerprint density at radius 1 is 1.30 bits per heavy atom. The number of benzene rings is 1. The molecule has 0 bridgehead atoms. The van der Waals surface area contributed by atoms with E-state index in [4.69, 9.17) is 4.74 Å². The van der Waals surface area contributed by atoms with Gasteiger partial charge in [-0.15, -0.1) is 0 Å². The van der Waals surface area contributed by atoms with Crippen LogP contribution in [0.1, 0.15) is 11.3 Å². The Morgan fingerprint density at radius 2 is 2.09 bits per heavy atom. The van der Waals surface area contributed by atoms with Crippen LogP contribution >= 0.6 is 0 Å². The monoisotopic (exact) mass is 313 g/mol. The lowest BCUT2D eigenvalue weighted by Crippen LogP contribution is -2.47. The SMILES string of the molecule is Cc1ccc(OCC(=O)NCC2Cn3cccc3CN2C)cc1. The highest BCUT2D eigenvalue weighted by Crippen LogP contribution is 2.16. The summed E-state index contributed by atoms with van der Waals surface area (Å²) in [5, 5.41) is 2.97. The lowest BCUT2D eigenvalue weighted by molar-refractivity contribution is -0.123. The summed E-state index contributed by atoms with van der Waals surface area (Å²) in [6.07, 6.45) is 2.09. The lowest BCUT2D eigenvalue weighted by atomic mass is 10.2. The van der Waals surface area contributed by atoms with Crippen LogP contribution in [0.4, 0.5) is 0 Å². The van der Waals surface area contributed by atoms with Gasteiger partial charge in [0, 0.05) is 37.6 Å². The number of nitrogens with one attached hydrogen (secondary N) is 1. The molecule has 0 radical (unpaired) electrons. The maximum atomic E-state index is 12.0. The van der Waals surface area contributed by atoms with Crippen molar-refractivity contribution in [1.29, 1.82) is 0 Å². The summed E-state index contributed by atoms with van der Waals surface area (Å²) in [7, 11) is 2.09. The molecule has 0 aliphatic carbocycles. The molecule has 1 aliphatic rings. The van der Waals surface area contributed by atoms with E-state index in [0.717, 1.165) is 18.8 Å². The second-order valence-electron chi connectivity index (χ2n) is 6.13. The molecular formula is C18H23N3O2. The van der Waals surface area contributed by atoms with Crippen LogP contribution in [-0.2, 0) is 17.9 Å². The predicted molar refractivity (Wildman–Crippen MR) is 89.4 cm³/mol. The maximum absolute atomic E-state index is 12.0. The van der Waals surface area contributed by atoms with Gasteiger partial charge in [-0.1, -0.05) is 17.7 Å². The molecule has 1 aromatic carbocycles. The molecule has 1 N–H and O–H groups in total. The summed E-state index contributed by atoms with van der Waals surface area (Å²) in [5.74, 6) is 0.634. The fraction of sp³-hybridized carbons (Fsp3) is 0.389. The molecule has 2 heterocycles. The Bertz CT molecular complexity index is 663. The standard InChI is InChI=1S/C18H23N3O2/c1-14-5-7-17(8-6-14)23-13-18(22)19-10-16-12-21-9-3-4-15(21)11-20(16)2/h3-9,16H,10-13H2,1-2H3,(H,19,22). The molecule has 1 atom stereocenters. The number of carbonyl (C=O) groups excluding carboxylic acids is 1. The van der Waals surface area contributed by atoms with Crippen LogP contribution in [0, 0.1) is 6.92 Å². The van der Waals surface area contributed by atoms with Crippen molar-refractivity contribution < 1.29 is 9.53 Å². The van der Waals surface area contributed by atoms with E-state index in [-0.39, 0.29) is 12.5 Å². The number of rotatable bonds is 5. The molecule has 1 amide bonds. The Balaban J connectivity index is 1.45. The average molecular weight is 313 g/mol. The van der Waals surface area contributed by atoms with Crippen molar-refractivity contribution in [3.8, 4) is 5.75 Å². The van der Waals surface area contributed by atoms with Crippen LogP contribution in [0.15, 0.2) is 42.6 Å². The molecule has 1 aromatic heterocycles. The molecule has 1 unspecified atom stereocenters. The Hall–Kier alpha value is -2.27. The van der Waals surface area contributed by atoms with Crippen LogP contribution in [0.5, 0.6) is 5.75 Å².